The molecule has 27 heavy (non-hydrogen) atoms. The van der Waals surface area contributed by atoms with Crippen LogP contribution >= 0.6 is 0 Å². The van der Waals surface area contributed by atoms with Gasteiger partial charge in [0.05, 0.1) is 26.0 Å². The highest BCUT2D eigenvalue weighted by Gasteiger charge is 2.25. The van der Waals surface area contributed by atoms with Gasteiger partial charge in [-0.3, -0.25) is 4.98 Å². The maximum atomic E-state index is 12.4. The minimum Gasteiger partial charge on any atom is -0.480 e. The summed E-state index contributed by atoms with van der Waals surface area (Å²) in [6.45, 7) is 1.95. The highest BCUT2D eigenvalue weighted by atomic mass is 16.5. The summed E-state index contributed by atoms with van der Waals surface area (Å²) in [5.41, 5.74) is 1.29. The van der Waals surface area contributed by atoms with E-state index in [9.17, 15) is 4.79 Å². The summed E-state index contributed by atoms with van der Waals surface area (Å²) in [7, 11) is 1.54. The van der Waals surface area contributed by atoms with Crippen molar-refractivity contribution < 1.29 is 14.3 Å². The van der Waals surface area contributed by atoms with Crippen molar-refractivity contribution in [1.29, 1.82) is 0 Å². The molecule has 1 aromatic carbocycles. The Labute approximate surface area is 159 Å². The van der Waals surface area contributed by atoms with Gasteiger partial charge in [0.2, 0.25) is 11.8 Å². The number of nitrogens with zero attached hydrogens (tertiary/aromatic N) is 3. The Morgan fingerprint density at radius 1 is 1.26 bits per heavy atom. The van der Waals surface area contributed by atoms with Gasteiger partial charge in [0.15, 0.2) is 0 Å². The zero-order valence-corrected chi connectivity index (χ0v) is 15.6. The number of rotatable bonds is 7. The molecule has 144 valence electrons. The van der Waals surface area contributed by atoms with Crippen LogP contribution in [0.2, 0.25) is 0 Å². The lowest BCUT2D eigenvalue weighted by atomic mass is 10.1. The predicted octanol–water partition coefficient (Wildman–Crippen LogP) is 2.67. The molecule has 0 saturated carbocycles. The van der Waals surface area contributed by atoms with Gasteiger partial charge in [0.25, 0.3) is 0 Å². The highest BCUT2D eigenvalue weighted by Crippen LogP contribution is 2.18. The van der Waals surface area contributed by atoms with Crippen molar-refractivity contribution in [2.45, 2.75) is 31.8 Å². The third-order valence-corrected chi connectivity index (χ3v) is 4.51. The molecule has 1 fully saturated rings. The first-order valence-corrected chi connectivity index (χ1v) is 9.34. The van der Waals surface area contributed by atoms with E-state index in [-0.39, 0.29) is 12.1 Å². The molecule has 2 aromatic rings. The number of ether oxygens (including phenoxy) is 2. The van der Waals surface area contributed by atoms with Crippen LogP contribution in [0.25, 0.3) is 0 Å². The van der Waals surface area contributed by atoms with Gasteiger partial charge in [0.1, 0.15) is 6.10 Å². The number of carbonyl (C=O) groups excluding carboxylic acids is 1. The molecule has 1 saturated heterocycles. The number of piperidine rings is 1. The molecule has 1 N–H and O–H groups in total. The summed E-state index contributed by atoms with van der Waals surface area (Å²) in [6, 6.07) is 10.3. The Bertz CT molecular complexity index is 726. The maximum Gasteiger partial charge on any atom is 0.317 e. The van der Waals surface area contributed by atoms with E-state index < -0.39 is 0 Å². The third-order valence-electron chi connectivity index (χ3n) is 4.51. The van der Waals surface area contributed by atoms with Crippen LogP contribution in [0.1, 0.15) is 24.8 Å². The van der Waals surface area contributed by atoms with Gasteiger partial charge in [-0.15, -0.1) is 0 Å². The second-order valence-electron chi connectivity index (χ2n) is 6.55. The first-order valence-electron chi connectivity index (χ1n) is 9.34. The summed E-state index contributed by atoms with van der Waals surface area (Å²) < 4.78 is 10.9. The first-order chi connectivity index (χ1) is 13.2. The van der Waals surface area contributed by atoms with E-state index in [1.165, 1.54) is 18.9 Å². The monoisotopic (exact) mass is 370 g/mol. The Hall–Kier alpha value is -2.83. The molecular weight excluding hydrogens is 344 g/mol. The summed E-state index contributed by atoms with van der Waals surface area (Å²) in [5, 5.41) is 3.01. The average molecular weight is 370 g/mol. The third kappa shape index (κ3) is 5.84. The van der Waals surface area contributed by atoms with Gasteiger partial charge in [-0.2, -0.15) is 4.98 Å². The molecule has 0 spiro atoms. The largest absolute Gasteiger partial charge is 0.480 e. The molecule has 7 nitrogen and oxygen atoms in total. The van der Waals surface area contributed by atoms with Crippen LogP contribution in [0, 0.1) is 0 Å². The molecule has 1 aliphatic heterocycles. The van der Waals surface area contributed by atoms with Crippen LogP contribution in [-0.4, -0.2) is 53.7 Å². The molecule has 0 aliphatic carbocycles. The summed E-state index contributed by atoms with van der Waals surface area (Å²) in [6.07, 6.45) is 6.67. The van der Waals surface area contributed by atoms with E-state index in [2.05, 4.69) is 27.4 Å². The topological polar surface area (TPSA) is 76.6 Å². The minimum absolute atomic E-state index is 0.0342. The number of hydrogen-bond acceptors (Lipinski definition) is 5. The van der Waals surface area contributed by atoms with E-state index >= 15 is 0 Å². The number of urea groups is 1. The van der Waals surface area contributed by atoms with E-state index in [4.69, 9.17) is 9.47 Å². The predicted molar refractivity (Wildman–Crippen MR) is 102 cm³/mol. The Balaban J connectivity index is 1.42. The van der Waals surface area contributed by atoms with Gasteiger partial charge in [-0.25, -0.2) is 4.79 Å². The molecule has 3 rings (SSSR count). The SMILES string of the molecule is COc1cncc(OC2CCCN(C(=O)NCCCc3ccccc3)C2)n1. The van der Waals surface area contributed by atoms with Crippen molar-refractivity contribution in [3.8, 4) is 11.8 Å². The number of amides is 2. The molecule has 1 atom stereocenters. The number of nitrogens with one attached hydrogen (secondary N) is 1. The van der Waals surface area contributed by atoms with E-state index in [1.54, 1.807) is 6.20 Å². The average Bonchev–Trinajstić information content (AvgIpc) is 2.72. The van der Waals surface area contributed by atoms with E-state index in [0.29, 0.717) is 24.8 Å². The number of aryl methyl sites for hydroxylation is 1. The van der Waals surface area contributed by atoms with Crippen LogP contribution in [0.3, 0.4) is 0 Å². The van der Waals surface area contributed by atoms with Crippen LogP contribution in [0.5, 0.6) is 11.8 Å². The fourth-order valence-electron chi connectivity index (χ4n) is 3.12. The Kier molecular flexibility index (Phi) is 6.84. The minimum atomic E-state index is -0.0878. The zero-order valence-electron chi connectivity index (χ0n) is 15.6. The van der Waals surface area contributed by atoms with Gasteiger partial charge in [-0.05, 0) is 31.2 Å². The van der Waals surface area contributed by atoms with Crippen LogP contribution in [0.15, 0.2) is 42.7 Å². The summed E-state index contributed by atoms with van der Waals surface area (Å²) in [5.74, 6) is 0.834. The second-order valence-corrected chi connectivity index (χ2v) is 6.55. The van der Waals surface area contributed by atoms with Crippen molar-refractivity contribution in [2.24, 2.45) is 0 Å². The van der Waals surface area contributed by atoms with Crippen molar-refractivity contribution in [1.82, 2.24) is 20.2 Å². The number of carbonyl (C=O) groups is 1. The second kappa shape index (κ2) is 9.75. The molecule has 7 heteroatoms. The summed E-state index contributed by atoms with van der Waals surface area (Å²) in [4.78, 5) is 22.5. The van der Waals surface area contributed by atoms with E-state index in [0.717, 1.165) is 32.2 Å². The number of likely N-dealkylation sites (tertiary alicyclic amines) is 1. The number of aromatic nitrogens is 2. The lowest BCUT2D eigenvalue weighted by Crippen LogP contribution is -2.48. The Morgan fingerprint density at radius 3 is 2.89 bits per heavy atom. The van der Waals surface area contributed by atoms with Crippen molar-refractivity contribution in [3.63, 3.8) is 0 Å². The molecule has 2 heterocycles. The lowest BCUT2D eigenvalue weighted by Gasteiger charge is -2.32. The van der Waals surface area contributed by atoms with Crippen LogP contribution in [-0.2, 0) is 6.42 Å². The van der Waals surface area contributed by atoms with E-state index in [1.807, 2.05) is 23.1 Å². The maximum absolute atomic E-state index is 12.4. The van der Waals surface area contributed by atoms with Crippen molar-refractivity contribution in [3.05, 3.63) is 48.3 Å². The quantitative estimate of drug-likeness (QED) is 0.759. The fourth-order valence-corrected chi connectivity index (χ4v) is 3.12. The number of hydrogen-bond donors (Lipinski definition) is 1. The molecule has 0 bridgehead atoms. The van der Waals surface area contributed by atoms with Gasteiger partial charge in [0, 0.05) is 13.1 Å². The zero-order chi connectivity index (χ0) is 18.9. The smallest absolute Gasteiger partial charge is 0.317 e. The standard InChI is InChI=1S/C20H26N4O3/c1-26-18-13-21-14-19(23-18)27-17-10-6-12-24(15-17)20(25)22-11-5-9-16-7-3-2-4-8-16/h2-4,7-8,13-14,17H,5-6,9-12,15H2,1H3,(H,22,25). The van der Waals surface area contributed by atoms with Crippen LogP contribution in [0.4, 0.5) is 4.79 Å². The fraction of sp³-hybridized carbons (Fsp3) is 0.450. The molecule has 1 unspecified atom stereocenters. The number of benzene rings is 1. The molecule has 1 aliphatic rings. The van der Waals surface area contributed by atoms with Crippen molar-refractivity contribution in [2.75, 3.05) is 26.7 Å². The molecule has 1 aromatic heterocycles. The Morgan fingerprint density at radius 2 is 2.07 bits per heavy atom. The van der Waals surface area contributed by atoms with Gasteiger partial charge in [-0.1, -0.05) is 30.3 Å². The summed E-state index contributed by atoms with van der Waals surface area (Å²) >= 11 is 0. The molecule has 0 radical (unpaired) electrons. The first kappa shape index (κ1) is 18.9. The normalized spacial score (nSPS) is 16.6. The highest BCUT2D eigenvalue weighted by molar-refractivity contribution is 5.74. The van der Waals surface area contributed by atoms with Gasteiger partial charge < -0.3 is 19.7 Å². The molecule has 2 amide bonds. The van der Waals surface area contributed by atoms with Crippen LogP contribution < -0.4 is 14.8 Å². The van der Waals surface area contributed by atoms with Crippen molar-refractivity contribution >= 4 is 6.03 Å². The lowest BCUT2D eigenvalue weighted by molar-refractivity contribution is 0.0969. The van der Waals surface area contributed by atoms with Gasteiger partial charge >= 0.3 is 6.03 Å². The molecular formula is C20H26N4O3. The number of methoxy groups -OCH3 is 1.